The number of hydrogen-bond acceptors (Lipinski definition) is 4. The molecule has 0 radical (unpaired) electrons. The minimum absolute atomic E-state index is 0.00293. The number of anilines is 3. The number of nitrogens with zero attached hydrogens (tertiary/aromatic N) is 2. The summed E-state index contributed by atoms with van der Waals surface area (Å²) in [7, 11) is -3.94. The number of amides is 2. The van der Waals surface area contributed by atoms with Gasteiger partial charge in [-0.25, -0.2) is 17.2 Å². The largest absolute Gasteiger partial charge is 0.324 e. The summed E-state index contributed by atoms with van der Waals surface area (Å²) in [5, 5.41) is 2.60. The van der Waals surface area contributed by atoms with Crippen molar-refractivity contribution in [1.29, 1.82) is 0 Å². The summed E-state index contributed by atoms with van der Waals surface area (Å²) in [6.07, 6.45) is 2.09. The molecule has 3 rings (SSSR count). The van der Waals surface area contributed by atoms with Crippen LogP contribution in [-0.2, 0) is 19.6 Å². The summed E-state index contributed by atoms with van der Waals surface area (Å²) in [4.78, 5) is 26.2. The lowest BCUT2D eigenvalue weighted by Crippen LogP contribution is -2.37. The van der Waals surface area contributed by atoms with Crippen molar-refractivity contribution in [1.82, 2.24) is 0 Å². The molecule has 0 saturated carbocycles. The maximum absolute atomic E-state index is 13.5. The lowest BCUT2D eigenvalue weighted by Gasteiger charge is -2.23. The fraction of sp³-hybridized carbons (Fsp3) is 0.300. The smallest absolute Gasteiger partial charge is 0.245 e. The number of carbonyl (C=O) groups excluding carboxylic acids is 2. The van der Waals surface area contributed by atoms with Gasteiger partial charge in [-0.2, -0.15) is 0 Å². The van der Waals surface area contributed by atoms with Crippen molar-refractivity contribution in [3.8, 4) is 0 Å². The van der Waals surface area contributed by atoms with Crippen LogP contribution in [-0.4, -0.2) is 39.6 Å². The van der Waals surface area contributed by atoms with Gasteiger partial charge in [0.15, 0.2) is 11.6 Å². The Kier molecular flexibility index (Phi) is 6.06. The fourth-order valence-corrected chi connectivity index (χ4v) is 4.10. The molecule has 2 aromatic carbocycles. The Balaban J connectivity index is 1.81. The van der Waals surface area contributed by atoms with E-state index in [4.69, 9.17) is 0 Å². The Bertz CT molecular complexity index is 1110. The number of nitrogens with one attached hydrogen (secondary N) is 1. The van der Waals surface area contributed by atoms with E-state index < -0.39 is 34.1 Å². The first kappa shape index (κ1) is 21.7. The second-order valence-electron chi connectivity index (χ2n) is 7.07. The molecule has 1 N–H and O–H groups in total. The number of rotatable bonds is 6. The zero-order valence-electron chi connectivity index (χ0n) is 16.5. The third-order valence-corrected chi connectivity index (χ3v) is 5.88. The maximum Gasteiger partial charge on any atom is 0.245 e. The molecular weight excluding hydrogens is 416 g/mol. The van der Waals surface area contributed by atoms with Crippen LogP contribution in [0.1, 0.15) is 18.4 Å². The van der Waals surface area contributed by atoms with Gasteiger partial charge in [0.25, 0.3) is 0 Å². The molecule has 0 atom stereocenters. The van der Waals surface area contributed by atoms with E-state index in [1.807, 2.05) is 6.92 Å². The number of sulfonamides is 1. The predicted octanol–water partition coefficient (Wildman–Crippen LogP) is 2.80. The van der Waals surface area contributed by atoms with Crippen LogP contribution in [0.4, 0.5) is 25.8 Å². The molecule has 7 nitrogen and oxygen atoms in total. The third kappa shape index (κ3) is 4.76. The summed E-state index contributed by atoms with van der Waals surface area (Å²) < 4.78 is 51.6. The van der Waals surface area contributed by atoms with Gasteiger partial charge in [0.05, 0.1) is 11.9 Å². The first-order valence-electron chi connectivity index (χ1n) is 9.20. The second kappa shape index (κ2) is 8.39. The van der Waals surface area contributed by atoms with Crippen LogP contribution in [0.2, 0.25) is 0 Å². The Morgan fingerprint density at radius 1 is 1.17 bits per heavy atom. The van der Waals surface area contributed by atoms with Gasteiger partial charge in [0.1, 0.15) is 6.54 Å². The first-order valence-corrected chi connectivity index (χ1v) is 11.0. The molecule has 2 amide bonds. The molecule has 0 unspecified atom stereocenters. The summed E-state index contributed by atoms with van der Waals surface area (Å²) in [6.45, 7) is 1.81. The molecule has 0 aromatic heterocycles. The quantitative estimate of drug-likeness (QED) is 0.753. The molecule has 1 saturated heterocycles. The average Bonchev–Trinajstić information content (AvgIpc) is 3.08. The number of aryl methyl sites for hydroxylation is 1. The Morgan fingerprint density at radius 3 is 2.50 bits per heavy atom. The molecule has 0 aliphatic carbocycles. The normalized spacial score (nSPS) is 14.1. The van der Waals surface area contributed by atoms with E-state index in [9.17, 15) is 26.8 Å². The van der Waals surface area contributed by atoms with E-state index in [1.165, 1.54) is 0 Å². The van der Waals surface area contributed by atoms with Crippen molar-refractivity contribution in [2.24, 2.45) is 0 Å². The molecule has 0 spiro atoms. The minimum Gasteiger partial charge on any atom is -0.324 e. The average molecular weight is 437 g/mol. The lowest BCUT2D eigenvalue weighted by atomic mass is 10.1. The predicted molar refractivity (Wildman–Crippen MR) is 110 cm³/mol. The van der Waals surface area contributed by atoms with Crippen LogP contribution in [0.15, 0.2) is 36.4 Å². The Labute approximate surface area is 173 Å². The fourth-order valence-electron chi connectivity index (χ4n) is 3.25. The molecule has 30 heavy (non-hydrogen) atoms. The van der Waals surface area contributed by atoms with Gasteiger partial charge >= 0.3 is 0 Å². The van der Waals surface area contributed by atoms with Gasteiger partial charge in [-0.05, 0) is 43.2 Å². The highest BCUT2D eigenvalue weighted by Gasteiger charge is 2.25. The summed E-state index contributed by atoms with van der Waals surface area (Å²) in [5.74, 6) is -3.02. The number of hydrogen-bond donors (Lipinski definition) is 1. The van der Waals surface area contributed by atoms with Gasteiger partial charge < -0.3 is 10.2 Å². The maximum atomic E-state index is 13.5. The Hall–Kier alpha value is -3.01. The van der Waals surface area contributed by atoms with Crippen molar-refractivity contribution < 1.29 is 26.8 Å². The summed E-state index contributed by atoms with van der Waals surface area (Å²) in [5.41, 5.74) is 1.76. The zero-order chi connectivity index (χ0) is 22.1. The molecule has 1 heterocycles. The monoisotopic (exact) mass is 437 g/mol. The molecule has 160 valence electrons. The van der Waals surface area contributed by atoms with Crippen LogP contribution < -0.4 is 14.5 Å². The van der Waals surface area contributed by atoms with Crippen molar-refractivity contribution in [2.45, 2.75) is 19.8 Å². The van der Waals surface area contributed by atoms with Gasteiger partial charge in [-0.1, -0.05) is 6.07 Å². The van der Waals surface area contributed by atoms with Crippen LogP contribution >= 0.6 is 0 Å². The minimum atomic E-state index is -3.94. The molecule has 1 aliphatic heterocycles. The van der Waals surface area contributed by atoms with Crippen LogP contribution in [0.5, 0.6) is 0 Å². The van der Waals surface area contributed by atoms with Crippen LogP contribution in [0.25, 0.3) is 0 Å². The number of benzene rings is 2. The first-order chi connectivity index (χ1) is 14.1. The summed E-state index contributed by atoms with van der Waals surface area (Å²) in [6, 6.07) is 7.63. The standard InChI is InChI=1S/C20H21F2N3O4S/c1-13-5-6-14(10-18(13)24-9-3-4-20(24)27)23-19(26)12-25(30(2,28)29)15-7-8-16(21)17(22)11-15/h5-8,10-11H,3-4,9,12H2,1-2H3,(H,23,26). The molecular formula is C20H21F2N3O4S. The van der Waals surface area contributed by atoms with E-state index >= 15 is 0 Å². The molecule has 1 fully saturated rings. The van der Waals surface area contributed by atoms with Gasteiger partial charge in [0, 0.05) is 30.4 Å². The highest BCUT2D eigenvalue weighted by molar-refractivity contribution is 7.92. The number of halogens is 2. The van der Waals surface area contributed by atoms with Gasteiger partial charge in [0.2, 0.25) is 21.8 Å². The molecule has 0 bridgehead atoms. The third-order valence-electron chi connectivity index (χ3n) is 4.74. The highest BCUT2D eigenvalue weighted by Crippen LogP contribution is 2.28. The van der Waals surface area contributed by atoms with E-state index in [1.54, 1.807) is 23.1 Å². The highest BCUT2D eigenvalue weighted by atomic mass is 32.2. The summed E-state index contributed by atoms with van der Waals surface area (Å²) >= 11 is 0. The van der Waals surface area contributed by atoms with Crippen molar-refractivity contribution in [2.75, 3.05) is 33.9 Å². The van der Waals surface area contributed by atoms with Crippen molar-refractivity contribution in [3.05, 3.63) is 53.6 Å². The van der Waals surface area contributed by atoms with Gasteiger partial charge in [-0.15, -0.1) is 0 Å². The second-order valence-corrected chi connectivity index (χ2v) is 8.97. The van der Waals surface area contributed by atoms with Crippen LogP contribution in [0, 0.1) is 18.6 Å². The van der Waals surface area contributed by atoms with E-state index in [2.05, 4.69) is 5.32 Å². The Morgan fingerprint density at radius 2 is 1.90 bits per heavy atom. The van der Waals surface area contributed by atoms with Crippen LogP contribution in [0.3, 0.4) is 0 Å². The van der Waals surface area contributed by atoms with Gasteiger partial charge in [-0.3, -0.25) is 13.9 Å². The van der Waals surface area contributed by atoms with E-state index in [-0.39, 0.29) is 11.6 Å². The zero-order valence-corrected chi connectivity index (χ0v) is 17.3. The van der Waals surface area contributed by atoms with E-state index in [0.29, 0.717) is 34.7 Å². The lowest BCUT2D eigenvalue weighted by molar-refractivity contribution is -0.117. The molecule has 2 aromatic rings. The van der Waals surface area contributed by atoms with Crippen molar-refractivity contribution in [3.63, 3.8) is 0 Å². The molecule has 10 heteroatoms. The van der Waals surface area contributed by atoms with Crippen molar-refractivity contribution >= 4 is 38.9 Å². The SMILES string of the molecule is Cc1ccc(NC(=O)CN(c2ccc(F)c(F)c2)S(C)(=O)=O)cc1N1CCCC1=O. The number of carbonyl (C=O) groups is 2. The molecule has 1 aliphatic rings. The van der Waals surface area contributed by atoms with E-state index in [0.717, 1.165) is 30.4 Å². The topological polar surface area (TPSA) is 86.8 Å².